The summed E-state index contributed by atoms with van der Waals surface area (Å²) in [4.78, 5) is 0.130. The Bertz CT molecular complexity index is 463. The summed E-state index contributed by atoms with van der Waals surface area (Å²) in [5, 5.41) is 0.338. The topological polar surface area (TPSA) is 60.2 Å². The quantitative estimate of drug-likeness (QED) is 0.863. The molecule has 0 amide bonds. The molecule has 0 radical (unpaired) electrons. The molecule has 1 rings (SSSR count). The molecule has 6 heteroatoms. The molecule has 0 spiro atoms. The fraction of sp³-hybridized carbons (Fsp3) is 0.400. The van der Waals surface area contributed by atoms with Crippen molar-refractivity contribution in [3.8, 4) is 0 Å². The lowest BCUT2D eigenvalue weighted by atomic mass is 10.3. The van der Waals surface area contributed by atoms with E-state index in [1.54, 1.807) is 0 Å². The second-order valence-electron chi connectivity index (χ2n) is 3.47. The Morgan fingerprint density at radius 1 is 1.25 bits per heavy atom. The van der Waals surface area contributed by atoms with Crippen molar-refractivity contribution in [1.82, 2.24) is 0 Å². The van der Waals surface area contributed by atoms with Gasteiger partial charge in [0.1, 0.15) is 0 Å². The van der Waals surface area contributed by atoms with Gasteiger partial charge in [0, 0.05) is 0 Å². The van der Waals surface area contributed by atoms with Crippen LogP contribution in [-0.4, -0.2) is 14.2 Å². The van der Waals surface area contributed by atoms with E-state index in [1.807, 2.05) is 6.92 Å². The summed E-state index contributed by atoms with van der Waals surface area (Å²) in [6.07, 6.45) is 1.43. The minimum absolute atomic E-state index is 0.0973. The highest BCUT2D eigenvalue weighted by atomic mass is 35.5. The Kier molecular flexibility index (Phi) is 4.47. The average Bonchev–Trinajstić information content (AvgIpc) is 2.22. The highest BCUT2D eigenvalue weighted by molar-refractivity contribution is 7.91. The summed E-state index contributed by atoms with van der Waals surface area (Å²) >= 11 is 11.6. The maximum absolute atomic E-state index is 11.8. The van der Waals surface area contributed by atoms with Crippen LogP contribution < -0.4 is 5.73 Å². The first-order valence-electron chi connectivity index (χ1n) is 4.85. The van der Waals surface area contributed by atoms with Crippen LogP contribution >= 0.6 is 23.2 Å². The molecule has 0 unspecified atom stereocenters. The van der Waals surface area contributed by atoms with E-state index in [-0.39, 0.29) is 26.4 Å². The monoisotopic (exact) mass is 281 g/mol. The molecular weight excluding hydrogens is 269 g/mol. The van der Waals surface area contributed by atoms with Gasteiger partial charge in [-0.3, -0.25) is 0 Å². The molecule has 0 heterocycles. The molecule has 0 saturated heterocycles. The van der Waals surface area contributed by atoms with Gasteiger partial charge in [-0.05, 0) is 18.6 Å². The van der Waals surface area contributed by atoms with Crippen LogP contribution in [0.5, 0.6) is 0 Å². The number of nitrogen functional groups attached to an aromatic ring is 1. The van der Waals surface area contributed by atoms with E-state index >= 15 is 0 Å². The van der Waals surface area contributed by atoms with Gasteiger partial charge in [0.05, 0.1) is 26.4 Å². The Hall–Kier alpha value is -0.450. The van der Waals surface area contributed by atoms with Crippen LogP contribution in [0.25, 0.3) is 0 Å². The molecule has 0 aromatic heterocycles. The Balaban J connectivity index is 3.14. The number of nitrogens with two attached hydrogens (primary N) is 1. The molecule has 2 N–H and O–H groups in total. The molecular formula is C10H13Cl2NO2S. The van der Waals surface area contributed by atoms with Gasteiger partial charge >= 0.3 is 0 Å². The molecule has 0 aliphatic carbocycles. The molecule has 0 saturated carbocycles. The fourth-order valence-electron chi connectivity index (χ4n) is 1.19. The van der Waals surface area contributed by atoms with Crippen LogP contribution in [0.1, 0.15) is 19.8 Å². The third-order valence-electron chi connectivity index (χ3n) is 2.18. The third-order valence-corrected chi connectivity index (χ3v) is 4.58. The standard InChI is InChI=1S/C10H13Cl2NO2S/c1-2-3-4-16(14,15)7-5-8(11)10(13)9(12)6-7/h5-6H,2-4,13H2,1H3. The summed E-state index contributed by atoms with van der Waals surface area (Å²) in [6.45, 7) is 1.93. The van der Waals surface area contributed by atoms with Crippen molar-refractivity contribution in [2.24, 2.45) is 0 Å². The number of sulfone groups is 1. The van der Waals surface area contributed by atoms with Gasteiger partial charge in [0.15, 0.2) is 9.84 Å². The Morgan fingerprint density at radius 3 is 2.19 bits per heavy atom. The first-order chi connectivity index (χ1) is 7.38. The molecule has 0 aliphatic rings. The SMILES string of the molecule is CCCCS(=O)(=O)c1cc(Cl)c(N)c(Cl)c1. The minimum Gasteiger partial charge on any atom is -0.396 e. The highest BCUT2D eigenvalue weighted by Gasteiger charge is 2.16. The maximum atomic E-state index is 11.8. The lowest BCUT2D eigenvalue weighted by Gasteiger charge is -2.07. The van der Waals surface area contributed by atoms with Crippen molar-refractivity contribution >= 4 is 38.7 Å². The van der Waals surface area contributed by atoms with Crippen LogP contribution in [0.2, 0.25) is 10.0 Å². The lowest BCUT2D eigenvalue weighted by Crippen LogP contribution is -2.07. The molecule has 0 fully saturated rings. The molecule has 1 aromatic carbocycles. The number of rotatable bonds is 4. The molecule has 16 heavy (non-hydrogen) atoms. The zero-order valence-corrected chi connectivity index (χ0v) is 11.2. The fourth-order valence-corrected chi connectivity index (χ4v) is 3.31. The van der Waals surface area contributed by atoms with Crippen molar-refractivity contribution in [2.45, 2.75) is 24.7 Å². The number of halogens is 2. The van der Waals surface area contributed by atoms with E-state index in [0.29, 0.717) is 6.42 Å². The van der Waals surface area contributed by atoms with Crippen LogP contribution in [0.3, 0.4) is 0 Å². The van der Waals surface area contributed by atoms with Crippen LogP contribution in [-0.2, 0) is 9.84 Å². The second-order valence-corrected chi connectivity index (χ2v) is 6.40. The summed E-state index contributed by atoms with van der Waals surface area (Å²) < 4.78 is 23.7. The largest absolute Gasteiger partial charge is 0.396 e. The molecule has 1 aromatic rings. The van der Waals surface area contributed by atoms with E-state index < -0.39 is 9.84 Å². The Morgan fingerprint density at radius 2 is 1.75 bits per heavy atom. The number of unbranched alkanes of at least 4 members (excludes halogenated alkanes) is 1. The van der Waals surface area contributed by atoms with E-state index in [9.17, 15) is 8.42 Å². The van der Waals surface area contributed by atoms with Crippen LogP contribution in [0, 0.1) is 0 Å². The number of hydrogen-bond donors (Lipinski definition) is 1. The van der Waals surface area contributed by atoms with Gasteiger partial charge in [0.25, 0.3) is 0 Å². The smallest absolute Gasteiger partial charge is 0.178 e. The third kappa shape index (κ3) is 3.03. The molecule has 0 atom stereocenters. The van der Waals surface area contributed by atoms with E-state index in [4.69, 9.17) is 28.9 Å². The van der Waals surface area contributed by atoms with Gasteiger partial charge in [-0.2, -0.15) is 0 Å². The lowest BCUT2D eigenvalue weighted by molar-refractivity contribution is 0.592. The van der Waals surface area contributed by atoms with Crippen molar-refractivity contribution < 1.29 is 8.42 Å². The molecule has 0 bridgehead atoms. The highest BCUT2D eigenvalue weighted by Crippen LogP contribution is 2.31. The van der Waals surface area contributed by atoms with Gasteiger partial charge in [0.2, 0.25) is 0 Å². The molecule has 0 aliphatic heterocycles. The number of anilines is 1. The normalized spacial score (nSPS) is 11.7. The summed E-state index contributed by atoms with van der Waals surface area (Å²) in [7, 11) is -3.31. The van der Waals surface area contributed by atoms with Crippen LogP contribution in [0.15, 0.2) is 17.0 Å². The molecule has 3 nitrogen and oxygen atoms in total. The van der Waals surface area contributed by atoms with Crippen molar-refractivity contribution in [3.05, 3.63) is 22.2 Å². The first kappa shape index (κ1) is 13.6. The van der Waals surface area contributed by atoms with Crippen molar-refractivity contribution in [3.63, 3.8) is 0 Å². The van der Waals surface area contributed by atoms with E-state index in [0.717, 1.165) is 6.42 Å². The minimum atomic E-state index is -3.31. The first-order valence-corrected chi connectivity index (χ1v) is 7.26. The second kappa shape index (κ2) is 5.25. The van der Waals surface area contributed by atoms with Gasteiger partial charge < -0.3 is 5.73 Å². The average molecular weight is 282 g/mol. The summed E-state index contributed by atoms with van der Waals surface area (Å²) in [5.74, 6) is 0.0973. The van der Waals surface area contributed by atoms with E-state index in [2.05, 4.69) is 0 Å². The Labute approximate surface area is 105 Å². The van der Waals surface area contributed by atoms with Crippen molar-refractivity contribution in [2.75, 3.05) is 11.5 Å². The van der Waals surface area contributed by atoms with Crippen molar-refractivity contribution in [1.29, 1.82) is 0 Å². The van der Waals surface area contributed by atoms with E-state index in [1.165, 1.54) is 12.1 Å². The zero-order chi connectivity index (χ0) is 12.3. The number of benzene rings is 1. The summed E-state index contributed by atoms with van der Waals surface area (Å²) in [5.41, 5.74) is 5.74. The predicted molar refractivity (Wildman–Crippen MR) is 67.8 cm³/mol. The van der Waals surface area contributed by atoms with Gasteiger partial charge in [-0.1, -0.05) is 36.5 Å². The number of hydrogen-bond acceptors (Lipinski definition) is 3. The zero-order valence-electron chi connectivity index (χ0n) is 8.83. The predicted octanol–water partition coefficient (Wildman–Crippen LogP) is 3.15. The maximum Gasteiger partial charge on any atom is 0.178 e. The summed E-state index contributed by atoms with van der Waals surface area (Å²) in [6, 6.07) is 2.68. The van der Waals surface area contributed by atoms with Crippen LogP contribution in [0.4, 0.5) is 5.69 Å². The van der Waals surface area contributed by atoms with Gasteiger partial charge in [-0.15, -0.1) is 0 Å². The molecule has 90 valence electrons. The van der Waals surface area contributed by atoms with Gasteiger partial charge in [-0.25, -0.2) is 8.42 Å².